The molecule has 0 spiro atoms. The summed E-state index contributed by atoms with van der Waals surface area (Å²) in [6.07, 6.45) is 3.08. The Balaban J connectivity index is 1.90. The second-order valence-electron chi connectivity index (χ2n) is 6.95. The Morgan fingerprint density at radius 2 is 1.88 bits per heavy atom. The predicted octanol–water partition coefficient (Wildman–Crippen LogP) is 1.77. The lowest BCUT2D eigenvalue weighted by Gasteiger charge is -2.34. The molecule has 7 heteroatoms. The number of halogens is 1. The lowest BCUT2D eigenvalue weighted by Crippen LogP contribution is -2.44. The van der Waals surface area contributed by atoms with Crippen LogP contribution < -0.4 is 10.5 Å². The Labute approximate surface area is 144 Å². The summed E-state index contributed by atoms with van der Waals surface area (Å²) in [7, 11) is 2.03. The standard InChI is InChI=1S/C18H20FN3O3/c1-20-4-6-21(7-5-20)16-9-15-12(11-2-3-11)8-13(18(24)25)17(23)22(15)10-14(16)19/h8-11H,2-7H2,1H3,(H,24,25). The Kier molecular flexibility index (Phi) is 3.76. The van der Waals surface area contributed by atoms with Gasteiger partial charge in [0, 0.05) is 26.2 Å². The van der Waals surface area contributed by atoms with Gasteiger partial charge >= 0.3 is 5.97 Å². The van der Waals surface area contributed by atoms with Gasteiger partial charge in [-0.3, -0.25) is 9.20 Å². The number of anilines is 1. The Hall–Kier alpha value is -2.41. The SMILES string of the molecule is CN1CCN(c2cc3c(C4CC4)cc(C(=O)O)c(=O)n3cc2F)CC1. The summed E-state index contributed by atoms with van der Waals surface area (Å²) < 4.78 is 15.9. The Morgan fingerprint density at radius 3 is 2.48 bits per heavy atom. The molecule has 1 aliphatic heterocycles. The zero-order chi connectivity index (χ0) is 17.7. The molecule has 132 valence electrons. The fourth-order valence-corrected chi connectivity index (χ4v) is 3.49. The third-order valence-corrected chi connectivity index (χ3v) is 5.16. The summed E-state index contributed by atoms with van der Waals surface area (Å²) in [4.78, 5) is 28.0. The molecule has 1 saturated carbocycles. The minimum absolute atomic E-state index is 0.250. The fourth-order valence-electron chi connectivity index (χ4n) is 3.49. The van der Waals surface area contributed by atoms with Gasteiger partial charge in [0.2, 0.25) is 0 Å². The summed E-state index contributed by atoms with van der Waals surface area (Å²) in [5, 5.41) is 9.28. The molecule has 1 saturated heterocycles. The number of aromatic nitrogens is 1. The number of aromatic carboxylic acids is 1. The molecule has 0 bridgehead atoms. The van der Waals surface area contributed by atoms with Crippen LogP contribution >= 0.6 is 0 Å². The molecule has 4 rings (SSSR count). The van der Waals surface area contributed by atoms with Crippen LogP contribution in [0.1, 0.15) is 34.7 Å². The van der Waals surface area contributed by atoms with Crippen molar-refractivity contribution in [1.29, 1.82) is 0 Å². The second kappa shape index (κ2) is 5.84. The molecule has 0 unspecified atom stereocenters. The number of carboxylic acid groups (broad SMARTS) is 1. The number of likely N-dealkylation sites (N-methyl/N-ethyl adjacent to an activating group) is 1. The van der Waals surface area contributed by atoms with Gasteiger partial charge in [-0.25, -0.2) is 9.18 Å². The molecular formula is C18H20FN3O3. The molecule has 0 atom stereocenters. The van der Waals surface area contributed by atoms with Gasteiger partial charge in [-0.15, -0.1) is 0 Å². The largest absolute Gasteiger partial charge is 0.477 e. The zero-order valence-corrected chi connectivity index (χ0v) is 14.0. The van der Waals surface area contributed by atoms with Gasteiger partial charge in [0.1, 0.15) is 5.56 Å². The summed E-state index contributed by atoms with van der Waals surface area (Å²) in [6.45, 7) is 3.15. The maximum absolute atomic E-state index is 14.7. The lowest BCUT2D eigenvalue weighted by molar-refractivity contribution is 0.0694. The number of fused-ring (bicyclic) bond motifs is 1. The predicted molar refractivity (Wildman–Crippen MR) is 92.3 cm³/mol. The number of hydrogen-bond acceptors (Lipinski definition) is 4. The molecule has 0 amide bonds. The van der Waals surface area contributed by atoms with E-state index < -0.39 is 17.3 Å². The van der Waals surface area contributed by atoms with E-state index in [-0.39, 0.29) is 11.5 Å². The van der Waals surface area contributed by atoms with Crippen molar-refractivity contribution in [3.05, 3.63) is 45.6 Å². The van der Waals surface area contributed by atoms with Gasteiger partial charge in [-0.2, -0.15) is 0 Å². The number of piperazine rings is 1. The molecular weight excluding hydrogens is 325 g/mol. The van der Waals surface area contributed by atoms with Crippen LogP contribution in [0, 0.1) is 5.82 Å². The van der Waals surface area contributed by atoms with Crippen molar-refractivity contribution in [3.63, 3.8) is 0 Å². The summed E-state index contributed by atoms with van der Waals surface area (Å²) in [5.74, 6) is -1.52. The van der Waals surface area contributed by atoms with Crippen LogP contribution in [-0.4, -0.2) is 53.6 Å². The fraction of sp³-hybridized carbons (Fsp3) is 0.444. The van der Waals surface area contributed by atoms with Crippen molar-refractivity contribution in [1.82, 2.24) is 9.30 Å². The van der Waals surface area contributed by atoms with Crippen molar-refractivity contribution in [2.45, 2.75) is 18.8 Å². The highest BCUT2D eigenvalue weighted by Crippen LogP contribution is 2.42. The van der Waals surface area contributed by atoms with Gasteiger partial charge in [-0.1, -0.05) is 0 Å². The van der Waals surface area contributed by atoms with Crippen LogP contribution in [0.5, 0.6) is 0 Å². The molecule has 2 aliphatic rings. The molecule has 0 aromatic carbocycles. The maximum Gasteiger partial charge on any atom is 0.341 e. The van der Waals surface area contributed by atoms with E-state index in [1.807, 2.05) is 11.9 Å². The first-order valence-corrected chi connectivity index (χ1v) is 8.51. The monoisotopic (exact) mass is 345 g/mol. The molecule has 3 heterocycles. The minimum Gasteiger partial charge on any atom is -0.477 e. The maximum atomic E-state index is 14.7. The van der Waals surface area contributed by atoms with Crippen LogP contribution in [0.3, 0.4) is 0 Å². The first kappa shape index (κ1) is 16.1. The van der Waals surface area contributed by atoms with E-state index in [2.05, 4.69) is 4.90 Å². The van der Waals surface area contributed by atoms with Gasteiger partial charge in [0.15, 0.2) is 5.82 Å². The lowest BCUT2D eigenvalue weighted by atomic mass is 10.1. The quantitative estimate of drug-likeness (QED) is 0.918. The highest BCUT2D eigenvalue weighted by molar-refractivity contribution is 5.88. The summed E-state index contributed by atoms with van der Waals surface area (Å²) in [5.41, 5.74) is 0.944. The van der Waals surface area contributed by atoms with Crippen molar-refractivity contribution < 1.29 is 14.3 Å². The zero-order valence-electron chi connectivity index (χ0n) is 14.0. The number of pyridine rings is 2. The Bertz CT molecular complexity index is 912. The van der Waals surface area contributed by atoms with Crippen LogP contribution in [0.2, 0.25) is 0 Å². The molecule has 25 heavy (non-hydrogen) atoms. The molecule has 1 N–H and O–H groups in total. The number of hydrogen-bond donors (Lipinski definition) is 1. The Morgan fingerprint density at radius 1 is 1.20 bits per heavy atom. The summed E-state index contributed by atoms with van der Waals surface area (Å²) >= 11 is 0. The van der Waals surface area contributed by atoms with Crippen LogP contribution in [0.25, 0.3) is 5.52 Å². The number of rotatable bonds is 3. The smallest absolute Gasteiger partial charge is 0.341 e. The van der Waals surface area contributed by atoms with Gasteiger partial charge < -0.3 is 14.9 Å². The molecule has 1 aliphatic carbocycles. The van der Waals surface area contributed by atoms with Crippen LogP contribution in [-0.2, 0) is 0 Å². The molecule has 0 radical (unpaired) electrons. The normalized spacial score (nSPS) is 18.7. The van der Waals surface area contributed by atoms with Gasteiger partial charge in [0.25, 0.3) is 5.56 Å². The molecule has 2 aromatic rings. The van der Waals surface area contributed by atoms with Crippen molar-refractivity contribution >= 4 is 17.2 Å². The molecule has 2 aromatic heterocycles. The van der Waals surface area contributed by atoms with Crippen molar-refractivity contribution in [2.75, 3.05) is 38.1 Å². The number of carbonyl (C=O) groups is 1. The van der Waals surface area contributed by atoms with E-state index in [9.17, 15) is 19.1 Å². The minimum atomic E-state index is -1.27. The third-order valence-electron chi connectivity index (χ3n) is 5.16. The van der Waals surface area contributed by atoms with E-state index in [0.29, 0.717) is 11.2 Å². The van der Waals surface area contributed by atoms with E-state index in [4.69, 9.17) is 0 Å². The highest BCUT2D eigenvalue weighted by atomic mass is 19.1. The van der Waals surface area contributed by atoms with Crippen LogP contribution in [0.4, 0.5) is 10.1 Å². The number of nitrogens with zero attached hydrogens (tertiary/aromatic N) is 3. The van der Waals surface area contributed by atoms with Crippen molar-refractivity contribution in [2.24, 2.45) is 0 Å². The van der Waals surface area contributed by atoms with Gasteiger partial charge in [-0.05, 0) is 43.5 Å². The van der Waals surface area contributed by atoms with Crippen molar-refractivity contribution in [3.8, 4) is 0 Å². The third kappa shape index (κ3) is 2.78. The molecule has 6 nitrogen and oxygen atoms in total. The van der Waals surface area contributed by atoms with E-state index in [0.717, 1.165) is 55.2 Å². The number of carboxylic acids is 1. The second-order valence-corrected chi connectivity index (χ2v) is 6.95. The van der Waals surface area contributed by atoms with Crippen LogP contribution in [0.15, 0.2) is 23.1 Å². The average molecular weight is 345 g/mol. The first-order chi connectivity index (χ1) is 12.0. The van der Waals surface area contributed by atoms with E-state index >= 15 is 0 Å². The van der Waals surface area contributed by atoms with E-state index in [1.165, 1.54) is 6.07 Å². The average Bonchev–Trinajstić information content (AvgIpc) is 3.41. The van der Waals surface area contributed by atoms with E-state index in [1.54, 1.807) is 6.07 Å². The summed E-state index contributed by atoms with van der Waals surface area (Å²) in [6, 6.07) is 3.19. The highest BCUT2D eigenvalue weighted by Gasteiger charge is 2.29. The topological polar surface area (TPSA) is 65.3 Å². The first-order valence-electron chi connectivity index (χ1n) is 8.51. The molecule has 2 fully saturated rings. The van der Waals surface area contributed by atoms with Gasteiger partial charge in [0.05, 0.1) is 17.4 Å².